The first-order chi connectivity index (χ1) is 10.0. The van der Waals surface area contributed by atoms with Crippen molar-refractivity contribution in [2.45, 2.75) is 0 Å². The Balaban J connectivity index is 2.33. The molecule has 1 amide bonds. The second-order valence-corrected chi connectivity index (χ2v) is 4.99. The first-order valence-electron chi connectivity index (χ1n) is 5.91. The van der Waals surface area contributed by atoms with Gasteiger partial charge in [-0.25, -0.2) is 0 Å². The highest BCUT2D eigenvalue weighted by molar-refractivity contribution is 9.10. The zero-order chi connectivity index (χ0) is 15.4. The van der Waals surface area contributed by atoms with E-state index in [0.717, 1.165) is 4.47 Å². The third-order valence-electron chi connectivity index (χ3n) is 2.76. The van der Waals surface area contributed by atoms with Gasteiger partial charge in [0, 0.05) is 10.5 Å². The highest BCUT2D eigenvalue weighted by Crippen LogP contribution is 2.29. The zero-order valence-electron chi connectivity index (χ0n) is 11.0. The number of nitrogens with zero attached hydrogens (tertiary/aromatic N) is 1. The van der Waals surface area contributed by atoms with Gasteiger partial charge in [0.25, 0.3) is 11.6 Å². The average molecular weight is 351 g/mol. The predicted molar refractivity (Wildman–Crippen MR) is 81.7 cm³/mol. The van der Waals surface area contributed by atoms with Crippen LogP contribution in [0.25, 0.3) is 0 Å². The van der Waals surface area contributed by atoms with Crippen LogP contribution in [0.1, 0.15) is 10.4 Å². The van der Waals surface area contributed by atoms with Crippen LogP contribution in [0, 0.1) is 10.1 Å². The van der Waals surface area contributed by atoms with Crippen molar-refractivity contribution in [2.75, 3.05) is 12.4 Å². The molecule has 0 aliphatic heterocycles. The third kappa shape index (κ3) is 3.38. The Morgan fingerprint density at radius 2 is 2.00 bits per heavy atom. The molecule has 0 saturated heterocycles. The molecular weight excluding hydrogens is 340 g/mol. The number of benzene rings is 2. The number of carbonyl (C=O) groups is 1. The molecule has 0 aliphatic rings. The summed E-state index contributed by atoms with van der Waals surface area (Å²) in [5.74, 6) is -0.112. The van der Waals surface area contributed by atoms with Gasteiger partial charge in [-0.1, -0.05) is 28.1 Å². The van der Waals surface area contributed by atoms with Crippen molar-refractivity contribution in [3.63, 3.8) is 0 Å². The third-order valence-corrected chi connectivity index (χ3v) is 3.25. The summed E-state index contributed by atoms with van der Waals surface area (Å²) in [6, 6.07) is 10.8. The number of nitro benzene ring substituents is 1. The quantitative estimate of drug-likeness (QED) is 0.674. The molecule has 7 heteroatoms. The fourth-order valence-electron chi connectivity index (χ4n) is 1.78. The maximum absolute atomic E-state index is 12.2. The molecule has 0 fully saturated rings. The molecule has 0 unspecified atom stereocenters. The number of methoxy groups -OCH3 is 1. The molecule has 0 spiro atoms. The summed E-state index contributed by atoms with van der Waals surface area (Å²) in [5.41, 5.74) is 0.183. The number of nitrogens with one attached hydrogen (secondary N) is 1. The summed E-state index contributed by atoms with van der Waals surface area (Å²) in [6.45, 7) is 0. The van der Waals surface area contributed by atoms with E-state index in [1.165, 1.54) is 25.3 Å². The molecule has 0 aromatic heterocycles. The number of carbonyl (C=O) groups excluding carboxylic acids is 1. The highest BCUT2D eigenvalue weighted by Gasteiger charge is 2.20. The van der Waals surface area contributed by atoms with Crippen LogP contribution in [-0.4, -0.2) is 17.9 Å². The number of para-hydroxylation sites is 1. The van der Waals surface area contributed by atoms with Gasteiger partial charge in [0.15, 0.2) is 0 Å². The smallest absolute Gasteiger partial charge is 0.282 e. The van der Waals surface area contributed by atoms with E-state index in [1.807, 2.05) is 0 Å². The van der Waals surface area contributed by atoms with Crippen molar-refractivity contribution < 1.29 is 14.5 Å². The van der Waals surface area contributed by atoms with E-state index in [1.54, 1.807) is 24.3 Å². The van der Waals surface area contributed by atoms with Crippen LogP contribution in [0.15, 0.2) is 46.9 Å². The van der Waals surface area contributed by atoms with Crippen LogP contribution in [-0.2, 0) is 0 Å². The van der Waals surface area contributed by atoms with Crippen molar-refractivity contribution in [2.24, 2.45) is 0 Å². The minimum absolute atomic E-state index is 0.00697. The monoisotopic (exact) mass is 350 g/mol. The van der Waals surface area contributed by atoms with Crippen molar-refractivity contribution in [1.29, 1.82) is 0 Å². The summed E-state index contributed by atoms with van der Waals surface area (Å²) in [6.07, 6.45) is 0. The van der Waals surface area contributed by atoms with Crippen LogP contribution in [0.5, 0.6) is 5.75 Å². The van der Waals surface area contributed by atoms with Gasteiger partial charge in [-0.05, 0) is 24.3 Å². The molecule has 1 N–H and O–H groups in total. The SMILES string of the molecule is COc1cc(Br)ccc1NC(=O)c1ccccc1[N+](=O)[O-]. The number of hydrogen-bond donors (Lipinski definition) is 1. The van der Waals surface area contributed by atoms with E-state index < -0.39 is 10.8 Å². The van der Waals surface area contributed by atoms with Crippen LogP contribution < -0.4 is 10.1 Å². The number of rotatable bonds is 4. The zero-order valence-corrected chi connectivity index (χ0v) is 12.6. The van der Waals surface area contributed by atoms with Gasteiger partial charge in [-0.2, -0.15) is 0 Å². The van der Waals surface area contributed by atoms with E-state index in [9.17, 15) is 14.9 Å². The molecule has 108 valence electrons. The van der Waals surface area contributed by atoms with E-state index in [0.29, 0.717) is 11.4 Å². The van der Waals surface area contributed by atoms with Gasteiger partial charge in [0.05, 0.1) is 17.7 Å². The highest BCUT2D eigenvalue weighted by atomic mass is 79.9. The molecule has 21 heavy (non-hydrogen) atoms. The molecule has 0 saturated carbocycles. The Labute approximate surface area is 129 Å². The van der Waals surface area contributed by atoms with Gasteiger partial charge < -0.3 is 10.1 Å². The molecule has 0 heterocycles. The first-order valence-corrected chi connectivity index (χ1v) is 6.70. The van der Waals surface area contributed by atoms with E-state index in [2.05, 4.69) is 21.2 Å². The molecule has 0 radical (unpaired) electrons. The Bertz CT molecular complexity index is 703. The molecule has 2 aromatic carbocycles. The normalized spacial score (nSPS) is 10.0. The molecule has 2 rings (SSSR count). The van der Waals surface area contributed by atoms with Crippen LogP contribution in [0.2, 0.25) is 0 Å². The number of anilines is 1. The van der Waals surface area contributed by atoms with Crippen LogP contribution in [0.3, 0.4) is 0 Å². The van der Waals surface area contributed by atoms with Crippen LogP contribution in [0.4, 0.5) is 11.4 Å². The standard InChI is InChI=1S/C14H11BrN2O4/c1-21-13-8-9(15)6-7-11(13)16-14(18)10-4-2-3-5-12(10)17(19)20/h2-8H,1H3,(H,16,18). The molecule has 6 nitrogen and oxygen atoms in total. The Kier molecular flexibility index (Phi) is 4.54. The van der Waals surface area contributed by atoms with Gasteiger partial charge >= 0.3 is 0 Å². The van der Waals surface area contributed by atoms with Crippen LogP contribution >= 0.6 is 15.9 Å². The Hall–Kier alpha value is -2.41. The maximum atomic E-state index is 12.2. The number of halogens is 1. The lowest BCUT2D eigenvalue weighted by atomic mass is 10.1. The van der Waals surface area contributed by atoms with Crippen molar-refractivity contribution in [3.8, 4) is 5.75 Å². The van der Waals surface area contributed by atoms with Gasteiger partial charge in [0.1, 0.15) is 11.3 Å². The van der Waals surface area contributed by atoms with E-state index in [4.69, 9.17) is 4.74 Å². The molecule has 0 aliphatic carbocycles. The molecule has 0 bridgehead atoms. The molecular formula is C14H11BrN2O4. The van der Waals surface area contributed by atoms with Crippen molar-refractivity contribution in [3.05, 3.63) is 62.6 Å². The first kappa shape index (κ1) is 15.0. The maximum Gasteiger partial charge on any atom is 0.282 e. The number of ether oxygens (including phenoxy) is 1. The minimum atomic E-state index is -0.590. The summed E-state index contributed by atoms with van der Waals surface area (Å²) in [7, 11) is 1.47. The number of amides is 1. The predicted octanol–water partition coefficient (Wildman–Crippen LogP) is 3.62. The summed E-state index contributed by atoms with van der Waals surface area (Å²) >= 11 is 3.30. The van der Waals surface area contributed by atoms with Gasteiger partial charge in [-0.15, -0.1) is 0 Å². The van der Waals surface area contributed by atoms with Crippen molar-refractivity contribution >= 4 is 33.2 Å². The molecule has 2 aromatic rings. The Morgan fingerprint density at radius 1 is 1.29 bits per heavy atom. The summed E-state index contributed by atoms with van der Waals surface area (Å²) in [4.78, 5) is 22.6. The number of nitro groups is 1. The van der Waals surface area contributed by atoms with Gasteiger partial charge in [-0.3, -0.25) is 14.9 Å². The van der Waals surface area contributed by atoms with E-state index in [-0.39, 0.29) is 11.3 Å². The van der Waals surface area contributed by atoms with Crippen molar-refractivity contribution in [1.82, 2.24) is 0 Å². The lowest BCUT2D eigenvalue weighted by Crippen LogP contribution is -2.14. The topological polar surface area (TPSA) is 81.5 Å². The fourth-order valence-corrected chi connectivity index (χ4v) is 2.12. The summed E-state index contributed by atoms with van der Waals surface area (Å²) < 4.78 is 5.96. The molecule has 0 atom stereocenters. The fraction of sp³-hybridized carbons (Fsp3) is 0.0714. The largest absolute Gasteiger partial charge is 0.495 e. The lowest BCUT2D eigenvalue weighted by Gasteiger charge is -2.10. The van der Waals surface area contributed by atoms with E-state index >= 15 is 0 Å². The summed E-state index contributed by atoms with van der Waals surface area (Å²) in [5, 5.41) is 13.6. The van der Waals surface area contributed by atoms with Gasteiger partial charge in [0.2, 0.25) is 0 Å². The number of hydrogen-bond acceptors (Lipinski definition) is 4. The minimum Gasteiger partial charge on any atom is -0.495 e. The second kappa shape index (κ2) is 6.36. The second-order valence-electron chi connectivity index (χ2n) is 4.07. The lowest BCUT2D eigenvalue weighted by molar-refractivity contribution is -0.385. The Morgan fingerprint density at radius 3 is 2.67 bits per heavy atom. The average Bonchev–Trinajstić information content (AvgIpc) is 2.48.